The SMILES string of the molecule is NC(=O)C[C@]1(COc2ccc(F)cc2)CN(C(=O)C2CCCCCC2)CCO1. The molecule has 2 N–H and O–H groups in total. The summed E-state index contributed by atoms with van der Waals surface area (Å²) in [4.78, 5) is 26.6. The highest BCUT2D eigenvalue weighted by Gasteiger charge is 2.42. The Balaban J connectivity index is 1.69. The minimum atomic E-state index is -0.987. The van der Waals surface area contributed by atoms with Crippen LogP contribution in [0.2, 0.25) is 0 Å². The molecule has 154 valence electrons. The number of benzene rings is 1. The average molecular weight is 392 g/mol. The van der Waals surface area contributed by atoms with E-state index in [0.717, 1.165) is 25.7 Å². The predicted octanol–water partition coefficient (Wildman–Crippen LogP) is 2.65. The van der Waals surface area contributed by atoms with Crippen LogP contribution in [0.4, 0.5) is 4.39 Å². The average Bonchev–Trinajstić information content (AvgIpc) is 2.96. The maximum Gasteiger partial charge on any atom is 0.225 e. The molecule has 1 atom stereocenters. The van der Waals surface area contributed by atoms with Crippen LogP contribution in [0.5, 0.6) is 5.75 Å². The van der Waals surface area contributed by atoms with E-state index in [4.69, 9.17) is 15.2 Å². The molecule has 1 saturated heterocycles. The van der Waals surface area contributed by atoms with Crippen molar-refractivity contribution >= 4 is 11.8 Å². The summed E-state index contributed by atoms with van der Waals surface area (Å²) in [5, 5.41) is 0. The molecule has 1 aliphatic heterocycles. The minimum Gasteiger partial charge on any atom is -0.490 e. The molecule has 0 radical (unpaired) electrons. The number of rotatable bonds is 6. The Morgan fingerprint density at radius 3 is 2.50 bits per heavy atom. The molecular weight excluding hydrogens is 363 g/mol. The van der Waals surface area contributed by atoms with Gasteiger partial charge in [-0.3, -0.25) is 9.59 Å². The van der Waals surface area contributed by atoms with Crippen LogP contribution in [0, 0.1) is 11.7 Å². The fourth-order valence-corrected chi connectivity index (χ4v) is 4.13. The molecule has 7 heteroatoms. The van der Waals surface area contributed by atoms with Crippen molar-refractivity contribution in [3.63, 3.8) is 0 Å². The lowest BCUT2D eigenvalue weighted by atomic mass is 9.94. The van der Waals surface area contributed by atoms with Crippen LogP contribution in [-0.4, -0.2) is 48.6 Å². The molecule has 0 bridgehead atoms. The number of morpholine rings is 1. The van der Waals surface area contributed by atoms with E-state index in [1.807, 2.05) is 0 Å². The zero-order valence-electron chi connectivity index (χ0n) is 16.2. The van der Waals surface area contributed by atoms with E-state index in [-0.39, 0.29) is 37.2 Å². The van der Waals surface area contributed by atoms with Gasteiger partial charge in [0.25, 0.3) is 0 Å². The number of ether oxygens (including phenoxy) is 2. The molecule has 1 aromatic rings. The summed E-state index contributed by atoms with van der Waals surface area (Å²) in [5.41, 5.74) is 4.47. The van der Waals surface area contributed by atoms with Crippen LogP contribution in [-0.2, 0) is 14.3 Å². The lowest BCUT2D eigenvalue weighted by Gasteiger charge is -2.42. The molecule has 3 rings (SSSR count). The summed E-state index contributed by atoms with van der Waals surface area (Å²) in [6, 6.07) is 5.65. The van der Waals surface area contributed by atoms with Crippen molar-refractivity contribution in [1.82, 2.24) is 4.90 Å². The van der Waals surface area contributed by atoms with Crippen molar-refractivity contribution in [2.24, 2.45) is 11.7 Å². The molecule has 0 spiro atoms. The first-order chi connectivity index (χ1) is 13.5. The van der Waals surface area contributed by atoms with Crippen LogP contribution >= 0.6 is 0 Å². The fourth-order valence-electron chi connectivity index (χ4n) is 4.13. The predicted molar refractivity (Wildman–Crippen MR) is 102 cm³/mol. The smallest absolute Gasteiger partial charge is 0.225 e. The van der Waals surface area contributed by atoms with E-state index in [2.05, 4.69) is 0 Å². The fraction of sp³-hybridized carbons (Fsp3) is 0.619. The largest absolute Gasteiger partial charge is 0.490 e. The summed E-state index contributed by atoms with van der Waals surface area (Å²) in [6.07, 6.45) is 6.34. The Labute approximate surface area is 165 Å². The molecule has 2 aliphatic rings. The Morgan fingerprint density at radius 1 is 1.18 bits per heavy atom. The molecule has 2 fully saturated rings. The number of hydrogen-bond donors (Lipinski definition) is 1. The first kappa shape index (κ1) is 20.6. The van der Waals surface area contributed by atoms with Gasteiger partial charge in [-0.1, -0.05) is 25.7 Å². The van der Waals surface area contributed by atoms with Gasteiger partial charge in [-0.15, -0.1) is 0 Å². The van der Waals surface area contributed by atoms with Crippen molar-refractivity contribution in [3.05, 3.63) is 30.1 Å². The third kappa shape index (κ3) is 5.44. The molecule has 2 amide bonds. The van der Waals surface area contributed by atoms with Gasteiger partial charge in [0.1, 0.15) is 23.8 Å². The zero-order chi connectivity index (χ0) is 20.0. The molecular formula is C21H29FN2O4. The van der Waals surface area contributed by atoms with Gasteiger partial charge in [-0.25, -0.2) is 4.39 Å². The van der Waals surface area contributed by atoms with Crippen molar-refractivity contribution in [2.45, 2.75) is 50.5 Å². The van der Waals surface area contributed by atoms with Gasteiger partial charge in [0.15, 0.2) is 0 Å². The molecule has 0 unspecified atom stereocenters. The van der Waals surface area contributed by atoms with Crippen LogP contribution in [0.25, 0.3) is 0 Å². The van der Waals surface area contributed by atoms with Gasteiger partial charge in [-0.2, -0.15) is 0 Å². The van der Waals surface area contributed by atoms with E-state index in [1.54, 1.807) is 4.90 Å². The lowest BCUT2D eigenvalue weighted by Crippen LogP contribution is -2.58. The molecule has 1 saturated carbocycles. The molecule has 1 heterocycles. The first-order valence-electron chi connectivity index (χ1n) is 10.1. The van der Waals surface area contributed by atoms with E-state index < -0.39 is 11.5 Å². The van der Waals surface area contributed by atoms with Crippen molar-refractivity contribution < 1.29 is 23.5 Å². The monoisotopic (exact) mass is 392 g/mol. The first-order valence-corrected chi connectivity index (χ1v) is 10.1. The van der Waals surface area contributed by atoms with Crippen LogP contribution < -0.4 is 10.5 Å². The highest BCUT2D eigenvalue weighted by atomic mass is 19.1. The normalized spacial score (nSPS) is 23.8. The molecule has 6 nitrogen and oxygen atoms in total. The van der Waals surface area contributed by atoms with Gasteiger partial charge >= 0.3 is 0 Å². The van der Waals surface area contributed by atoms with E-state index in [9.17, 15) is 14.0 Å². The Hall–Kier alpha value is -2.15. The van der Waals surface area contributed by atoms with E-state index in [1.165, 1.54) is 37.1 Å². The van der Waals surface area contributed by atoms with E-state index >= 15 is 0 Å². The second kappa shape index (κ2) is 9.37. The van der Waals surface area contributed by atoms with E-state index in [0.29, 0.717) is 18.9 Å². The summed E-state index contributed by atoms with van der Waals surface area (Å²) < 4.78 is 24.8. The topological polar surface area (TPSA) is 81.9 Å². The number of primary amides is 1. The highest BCUT2D eigenvalue weighted by molar-refractivity contribution is 5.79. The number of hydrogen-bond acceptors (Lipinski definition) is 4. The minimum absolute atomic E-state index is 0.0390. The van der Waals surface area contributed by atoms with Crippen LogP contribution in [0.1, 0.15) is 44.9 Å². The number of amides is 2. The summed E-state index contributed by atoms with van der Waals surface area (Å²) in [7, 11) is 0. The third-order valence-electron chi connectivity index (χ3n) is 5.58. The summed E-state index contributed by atoms with van der Waals surface area (Å²) >= 11 is 0. The highest BCUT2D eigenvalue weighted by Crippen LogP contribution is 2.29. The summed E-state index contributed by atoms with van der Waals surface area (Å²) in [6.45, 7) is 1.17. The molecule has 0 aromatic heterocycles. The Kier molecular flexibility index (Phi) is 6.88. The zero-order valence-corrected chi connectivity index (χ0v) is 16.2. The number of nitrogens with two attached hydrogens (primary N) is 1. The third-order valence-corrected chi connectivity index (χ3v) is 5.58. The maximum atomic E-state index is 13.1. The standard InChI is InChI=1S/C21H29FN2O4/c22-17-7-9-18(10-8-17)27-15-21(13-19(23)25)14-24(11-12-28-21)20(26)16-5-3-1-2-4-6-16/h7-10,16H,1-6,11-15H2,(H2,23,25)/t21-/m1/s1. The maximum absolute atomic E-state index is 13.1. The van der Waals surface area contributed by atoms with Crippen LogP contribution in [0.15, 0.2) is 24.3 Å². The second-order valence-corrected chi connectivity index (χ2v) is 7.87. The Bertz CT molecular complexity index is 673. The number of halogens is 1. The van der Waals surface area contributed by atoms with Gasteiger partial charge in [0.2, 0.25) is 11.8 Å². The number of nitrogens with zero attached hydrogens (tertiary/aromatic N) is 1. The van der Waals surface area contributed by atoms with Gasteiger partial charge in [-0.05, 0) is 37.1 Å². The van der Waals surface area contributed by atoms with Crippen molar-refractivity contribution in [2.75, 3.05) is 26.3 Å². The Morgan fingerprint density at radius 2 is 1.86 bits per heavy atom. The van der Waals surface area contributed by atoms with Gasteiger partial charge < -0.3 is 20.1 Å². The second-order valence-electron chi connectivity index (χ2n) is 7.87. The number of carbonyl (C=O) groups excluding carboxylic acids is 2. The van der Waals surface area contributed by atoms with Gasteiger partial charge in [0.05, 0.1) is 19.6 Å². The molecule has 28 heavy (non-hydrogen) atoms. The van der Waals surface area contributed by atoms with Crippen molar-refractivity contribution in [1.29, 1.82) is 0 Å². The molecule has 1 aliphatic carbocycles. The lowest BCUT2D eigenvalue weighted by molar-refractivity contribution is -0.164. The number of carbonyl (C=O) groups is 2. The quantitative estimate of drug-likeness (QED) is 0.755. The summed E-state index contributed by atoms with van der Waals surface area (Å²) in [5.74, 6) is -0.202. The van der Waals surface area contributed by atoms with Gasteiger partial charge in [0, 0.05) is 12.5 Å². The van der Waals surface area contributed by atoms with Crippen molar-refractivity contribution in [3.8, 4) is 5.75 Å². The van der Waals surface area contributed by atoms with Crippen LogP contribution in [0.3, 0.4) is 0 Å². The molecule has 1 aromatic carbocycles.